The highest BCUT2D eigenvalue weighted by atomic mass is 79.9. The molecular weight excluding hydrogens is 302 g/mol. The molecule has 1 fully saturated rings. The quantitative estimate of drug-likeness (QED) is 0.837. The van der Waals surface area contributed by atoms with Crippen LogP contribution in [0.4, 0.5) is 0 Å². The van der Waals surface area contributed by atoms with Gasteiger partial charge in [-0.25, -0.2) is 8.42 Å². The molecule has 0 atom stereocenters. The topological polar surface area (TPSA) is 37.4 Å². The second kappa shape index (κ2) is 5.08. The summed E-state index contributed by atoms with van der Waals surface area (Å²) in [5.41, 5.74) is 0. The molecule has 0 amide bonds. The highest BCUT2D eigenvalue weighted by molar-refractivity contribution is 9.10. The van der Waals surface area contributed by atoms with Crippen molar-refractivity contribution in [3.8, 4) is 0 Å². The summed E-state index contributed by atoms with van der Waals surface area (Å²) in [5, 5.41) is 0. The van der Waals surface area contributed by atoms with Gasteiger partial charge in [0, 0.05) is 17.1 Å². The molecule has 1 saturated carbocycles. The van der Waals surface area contributed by atoms with Crippen LogP contribution in [-0.4, -0.2) is 25.3 Å². The summed E-state index contributed by atoms with van der Waals surface area (Å²) in [6.45, 7) is 2.62. The minimum absolute atomic E-state index is 0.221. The van der Waals surface area contributed by atoms with Crippen molar-refractivity contribution in [1.82, 2.24) is 4.31 Å². The van der Waals surface area contributed by atoms with Crippen LogP contribution >= 0.6 is 15.9 Å². The zero-order chi connectivity index (χ0) is 12.5. The molecule has 0 bridgehead atoms. The van der Waals surface area contributed by atoms with Crippen molar-refractivity contribution < 1.29 is 8.42 Å². The van der Waals surface area contributed by atoms with E-state index in [1.54, 1.807) is 22.5 Å². The van der Waals surface area contributed by atoms with Gasteiger partial charge in [0.1, 0.15) is 0 Å². The first-order valence-electron chi connectivity index (χ1n) is 5.83. The largest absolute Gasteiger partial charge is 0.243 e. The van der Waals surface area contributed by atoms with Crippen molar-refractivity contribution in [3.05, 3.63) is 28.7 Å². The molecular formula is C12H16BrNO2S. The van der Waals surface area contributed by atoms with Crippen molar-refractivity contribution in [2.75, 3.05) is 6.54 Å². The second-order valence-electron chi connectivity index (χ2n) is 4.30. The van der Waals surface area contributed by atoms with Crippen molar-refractivity contribution >= 4 is 26.0 Å². The molecule has 0 aliphatic heterocycles. The molecule has 3 nitrogen and oxygen atoms in total. The molecule has 94 valence electrons. The van der Waals surface area contributed by atoms with Gasteiger partial charge in [0.2, 0.25) is 10.0 Å². The lowest BCUT2D eigenvalue weighted by Crippen LogP contribution is -2.33. The minimum Gasteiger partial charge on any atom is -0.207 e. The van der Waals surface area contributed by atoms with Crippen molar-refractivity contribution in [1.29, 1.82) is 0 Å². The van der Waals surface area contributed by atoms with E-state index in [0.717, 1.165) is 23.7 Å². The van der Waals surface area contributed by atoms with E-state index in [4.69, 9.17) is 0 Å². The monoisotopic (exact) mass is 317 g/mol. The third-order valence-electron chi connectivity index (χ3n) is 2.80. The first-order chi connectivity index (χ1) is 8.05. The lowest BCUT2D eigenvalue weighted by atomic mass is 10.4. The lowest BCUT2D eigenvalue weighted by Gasteiger charge is -2.21. The summed E-state index contributed by atoms with van der Waals surface area (Å²) in [7, 11) is -3.32. The summed E-state index contributed by atoms with van der Waals surface area (Å²) in [6, 6.07) is 7.14. The molecule has 0 radical (unpaired) electrons. The van der Waals surface area contributed by atoms with Crippen molar-refractivity contribution in [2.24, 2.45) is 0 Å². The summed E-state index contributed by atoms with van der Waals surface area (Å²) < 4.78 is 27.4. The van der Waals surface area contributed by atoms with E-state index in [2.05, 4.69) is 15.9 Å². The van der Waals surface area contributed by atoms with E-state index >= 15 is 0 Å². The standard InChI is InChI=1S/C12H16BrNO2S/c1-2-8-14(11-6-7-11)17(15,16)12-5-3-4-10(13)9-12/h3-5,9,11H,2,6-8H2,1H3. The van der Waals surface area contributed by atoms with Crippen LogP contribution in [-0.2, 0) is 10.0 Å². The van der Waals surface area contributed by atoms with E-state index in [1.165, 1.54) is 0 Å². The van der Waals surface area contributed by atoms with Gasteiger partial charge >= 0.3 is 0 Å². The fourth-order valence-corrected chi connectivity index (χ4v) is 4.22. The lowest BCUT2D eigenvalue weighted by molar-refractivity contribution is 0.403. The first-order valence-corrected chi connectivity index (χ1v) is 8.06. The van der Waals surface area contributed by atoms with E-state index in [1.807, 2.05) is 13.0 Å². The fraction of sp³-hybridized carbons (Fsp3) is 0.500. The number of nitrogens with zero attached hydrogens (tertiary/aromatic N) is 1. The number of hydrogen-bond donors (Lipinski definition) is 0. The maximum absolute atomic E-state index is 12.5. The molecule has 17 heavy (non-hydrogen) atoms. The van der Waals surface area contributed by atoms with Gasteiger partial charge in [-0.05, 0) is 37.5 Å². The molecule has 0 spiro atoms. The minimum atomic E-state index is -3.32. The summed E-state index contributed by atoms with van der Waals surface area (Å²) in [5.74, 6) is 0. The maximum atomic E-state index is 12.5. The Kier molecular flexibility index (Phi) is 3.90. The molecule has 0 N–H and O–H groups in total. The van der Waals surface area contributed by atoms with E-state index in [0.29, 0.717) is 11.4 Å². The van der Waals surface area contributed by atoms with Crippen LogP contribution in [0.15, 0.2) is 33.6 Å². The Bertz CT molecular complexity index is 497. The molecule has 1 aromatic carbocycles. The second-order valence-corrected chi connectivity index (χ2v) is 7.11. The summed E-state index contributed by atoms with van der Waals surface area (Å²) >= 11 is 3.31. The molecule has 1 aliphatic rings. The number of sulfonamides is 1. The third-order valence-corrected chi connectivity index (χ3v) is 5.24. The van der Waals surface area contributed by atoms with Crippen molar-refractivity contribution in [3.63, 3.8) is 0 Å². The predicted molar refractivity (Wildman–Crippen MR) is 71.3 cm³/mol. The van der Waals surface area contributed by atoms with Gasteiger partial charge in [0.05, 0.1) is 4.90 Å². The number of benzene rings is 1. The number of hydrogen-bond acceptors (Lipinski definition) is 2. The highest BCUT2D eigenvalue weighted by Gasteiger charge is 2.37. The third kappa shape index (κ3) is 2.89. The van der Waals surface area contributed by atoms with Crippen LogP contribution in [0.3, 0.4) is 0 Å². The molecule has 1 aromatic rings. The van der Waals surface area contributed by atoms with Crippen LogP contribution in [0.2, 0.25) is 0 Å². The number of halogens is 1. The van der Waals surface area contributed by atoms with Gasteiger partial charge in [-0.3, -0.25) is 0 Å². The fourth-order valence-electron chi connectivity index (χ4n) is 1.84. The maximum Gasteiger partial charge on any atom is 0.243 e. The van der Waals surface area contributed by atoms with Gasteiger partial charge in [0.25, 0.3) is 0 Å². The van der Waals surface area contributed by atoms with Crippen LogP contribution in [0.25, 0.3) is 0 Å². The molecule has 0 heterocycles. The molecule has 0 aromatic heterocycles. The first kappa shape index (κ1) is 13.1. The van der Waals surface area contributed by atoms with Crippen LogP contribution in [0, 0.1) is 0 Å². The Morgan fingerprint density at radius 2 is 2.12 bits per heavy atom. The highest BCUT2D eigenvalue weighted by Crippen LogP contribution is 2.32. The Balaban J connectivity index is 2.33. The Labute approximate surface area is 111 Å². The summed E-state index contributed by atoms with van der Waals surface area (Å²) in [4.78, 5) is 0.382. The van der Waals surface area contributed by atoms with E-state index in [-0.39, 0.29) is 6.04 Å². The van der Waals surface area contributed by atoms with E-state index < -0.39 is 10.0 Å². The molecule has 5 heteroatoms. The zero-order valence-electron chi connectivity index (χ0n) is 9.77. The van der Waals surface area contributed by atoms with Crippen LogP contribution in [0.5, 0.6) is 0 Å². The predicted octanol–water partition coefficient (Wildman–Crippen LogP) is 3.01. The molecule has 2 rings (SSSR count). The molecule has 0 unspecified atom stereocenters. The Morgan fingerprint density at radius 3 is 2.65 bits per heavy atom. The summed E-state index contributed by atoms with van der Waals surface area (Å²) in [6.07, 6.45) is 2.84. The van der Waals surface area contributed by atoms with Gasteiger partial charge < -0.3 is 0 Å². The van der Waals surface area contributed by atoms with E-state index in [9.17, 15) is 8.42 Å². The molecule has 1 aliphatic carbocycles. The van der Waals surface area contributed by atoms with Crippen LogP contribution in [0.1, 0.15) is 26.2 Å². The average Bonchev–Trinajstić information content (AvgIpc) is 3.09. The van der Waals surface area contributed by atoms with Crippen molar-refractivity contribution in [2.45, 2.75) is 37.1 Å². The van der Waals surface area contributed by atoms with Gasteiger partial charge in [0.15, 0.2) is 0 Å². The smallest absolute Gasteiger partial charge is 0.207 e. The normalized spacial score (nSPS) is 16.4. The van der Waals surface area contributed by atoms with Gasteiger partial charge in [-0.2, -0.15) is 4.31 Å². The number of rotatable bonds is 5. The van der Waals surface area contributed by atoms with Gasteiger partial charge in [-0.15, -0.1) is 0 Å². The van der Waals surface area contributed by atoms with Gasteiger partial charge in [-0.1, -0.05) is 28.9 Å². The SMILES string of the molecule is CCCN(C1CC1)S(=O)(=O)c1cccc(Br)c1. The Morgan fingerprint density at radius 1 is 1.41 bits per heavy atom. The zero-order valence-corrected chi connectivity index (χ0v) is 12.2. The average molecular weight is 318 g/mol. The van der Waals surface area contributed by atoms with Crippen LogP contribution < -0.4 is 0 Å². The Hall–Kier alpha value is -0.390. The molecule has 0 saturated heterocycles.